The number of hydrogen-bond acceptors (Lipinski definition) is 2. The summed E-state index contributed by atoms with van der Waals surface area (Å²) in [5.41, 5.74) is 1.25. The van der Waals surface area contributed by atoms with Gasteiger partial charge in [0.25, 0.3) is 0 Å². The molecule has 0 heterocycles. The lowest BCUT2D eigenvalue weighted by Gasteiger charge is -2.36. The lowest BCUT2D eigenvalue weighted by molar-refractivity contribution is -0.138. The Morgan fingerprint density at radius 1 is 1.40 bits per heavy atom. The molecule has 0 radical (unpaired) electrons. The van der Waals surface area contributed by atoms with E-state index < -0.39 is 11.9 Å². The summed E-state index contributed by atoms with van der Waals surface area (Å²) in [6, 6.07) is 9.95. The van der Waals surface area contributed by atoms with Crippen LogP contribution in [0, 0.1) is 5.41 Å². The summed E-state index contributed by atoms with van der Waals surface area (Å²) in [7, 11) is 0. The molecule has 0 spiro atoms. The zero-order valence-electron chi connectivity index (χ0n) is 12.4. The SMILES string of the molecule is CC1(C)CCCC(NCC(C(=O)O)c2ccccc2)C1. The highest BCUT2D eigenvalue weighted by atomic mass is 16.4. The fourth-order valence-electron chi connectivity index (χ4n) is 3.19. The zero-order valence-corrected chi connectivity index (χ0v) is 12.4. The van der Waals surface area contributed by atoms with Gasteiger partial charge >= 0.3 is 5.97 Å². The molecule has 110 valence electrons. The van der Waals surface area contributed by atoms with Crippen LogP contribution in [0.1, 0.15) is 51.0 Å². The monoisotopic (exact) mass is 275 g/mol. The van der Waals surface area contributed by atoms with Gasteiger partial charge in [0.2, 0.25) is 0 Å². The van der Waals surface area contributed by atoms with Crippen molar-refractivity contribution in [2.24, 2.45) is 5.41 Å². The van der Waals surface area contributed by atoms with E-state index in [1.54, 1.807) is 0 Å². The van der Waals surface area contributed by atoms with Crippen molar-refractivity contribution in [3.63, 3.8) is 0 Å². The summed E-state index contributed by atoms with van der Waals surface area (Å²) in [5.74, 6) is -1.21. The van der Waals surface area contributed by atoms with E-state index in [2.05, 4.69) is 19.2 Å². The summed E-state index contributed by atoms with van der Waals surface area (Å²) < 4.78 is 0. The topological polar surface area (TPSA) is 49.3 Å². The highest BCUT2D eigenvalue weighted by molar-refractivity contribution is 5.76. The van der Waals surface area contributed by atoms with Crippen molar-refractivity contribution in [2.45, 2.75) is 51.5 Å². The lowest BCUT2D eigenvalue weighted by atomic mass is 9.75. The Bertz CT molecular complexity index is 442. The molecule has 1 aromatic rings. The molecule has 2 rings (SSSR count). The van der Waals surface area contributed by atoms with E-state index in [1.807, 2.05) is 30.3 Å². The first kappa shape index (κ1) is 15.0. The van der Waals surface area contributed by atoms with Gasteiger partial charge < -0.3 is 10.4 Å². The molecule has 0 amide bonds. The lowest BCUT2D eigenvalue weighted by Crippen LogP contribution is -2.40. The van der Waals surface area contributed by atoms with E-state index in [-0.39, 0.29) is 0 Å². The molecule has 2 N–H and O–H groups in total. The first-order chi connectivity index (χ1) is 9.48. The predicted octanol–water partition coefficient (Wildman–Crippen LogP) is 3.41. The molecule has 2 unspecified atom stereocenters. The van der Waals surface area contributed by atoms with Crippen LogP contribution in [0.25, 0.3) is 0 Å². The number of benzene rings is 1. The Hall–Kier alpha value is -1.35. The molecular formula is C17H25NO2. The van der Waals surface area contributed by atoms with Crippen LogP contribution in [-0.2, 0) is 4.79 Å². The van der Waals surface area contributed by atoms with Crippen LogP contribution < -0.4 is 5.32 Å². The molecule has 1 saturated carbocycles. The van der Waals surface area contributed by atoms with Crippen molar-refractivity contribution in [1.82, 2.24) is 5.32 Å². The molecule has 1 aliphatic rings. The second kappa shape index (κ2) is 6.40. The highest BCUT2D eigenvalue weighted by Gasteiger charge is 2.29. The number of hydrogen-bond donors (Lipinski definition) is 2. The van der Waals surface area contributed by atoms with E-state index in [4.69, 9.17) is 0 Å². The zero-order chi connectivity index (χ0) is 14.6. The van der Waals surface area contributed by atoms with Gasteiger partial charge in [0.15, 0.2) is 0 Å². The molecule has 1 fully saturated rings. The number of nitrogens with one attached hydrogen (secondary N) is 1. The Labute approximate surface area is 121 Å². The van der Waals surface area contributed by atoms with E-state index in [9.17, 15) is 9.90 Å². The van der Waals surface area contributed by atoms with Crippen LogP contribution in [0.2, 0.25) is 0 Å². The van der Waals surface area contributed by atoms with Crippen LogP contribution in [0.15, 0.2) is 30.3 Å². The normalized spacial score (nSPS) is 23.2. The third-order valence-electron chi connectivity index (χ3n) is 4.32. The summed E-state index contributed by atoms with van der Waals surface area (Å²) in [5, 5.41) is 12.9. The first-order valence-electron chi connectivity index (χ1n) is 7.49. The first-order valence-corrected chi connectivity index (χ1v) is 7.49. The summed E-state index contributed by atoms with van der Waals surface area (Å²) in [6.07, 6.45) is 4.79. The molecule has 1 aromatic carbocycles. The third-order valence-corrected chi connectivity index (χ3v) is 4.32. The predicted molar refractivity (Wildman–Crippen MR) is 80.9 cm³/mol. The van der Waals surface area contributed by atoms with Gasteiger partial charge in [-0.3, -0.25) is 4.79 Å². The largest absolute Gasteiger partial charge is 0.481 e. The smallest absolute Gasteiger partial charge is 0.312 e. The van der Waals surface area contributed by atoms with Gasteiger partial charge in [-0.15, -0.1) is 0 Å². The van der Waals surface area contributed by atoms with Crippen LogP contribution >= 0.6 is 0 Å². The van der Waals surface area contributed by atoms with Crippen molar-refractivity contribution in [3.8, 4) is 0 Å². The van der Waals surface area contributed by atoms with Crippen LogP contribution in [0.3, 0.4) is 0 Å². The molecule has 0 aromatic heterocycles. The number of carbonyl (C=O) groups is 1. The second-order valence-corrected chi connectivity index (χ2v) is 6.67. The third kappa shape index (κ3) is 4.07. The average molecular weight is 275 g/mol. The summed E-state index contributed by atoms with van der Waals surface area (Å²) in [6.45, 7) is 5.11. The number of carboxylic acid groups (broad SMARTS) is 1. The van der Waals surface area contributed by atoms with Gasteiger partial charge in [0, 0.05) is 12.6 Å². The van der Waals surface area contributed by atoms with Crippen molar-refractivity contribution < 1.29 is 9.90 Å². The minimum absolute atomic E-state index is 0.376. The summed E-state index contributed by atoms with van der Waals surface area (Å²) >= 11 is 0. The van der Waals surface area contributed by atoms with Crippen molar-refractivity contribution >= 4 is 5.97 Å². The van der Waals surface area contributed by atoms with Gasteiger partial charge in [-0.1, -0.05) is 50.6 Å². The highest BCUT2D eigenvalue weighted by Crippen LogP contribution is 2.35. The second-order valence-electron chi connectivity index (χ2n) is 6.67. The Balaban J connectivity index is 1.95. The fraction of sp³-hybridized carbons (Fsp3) is 0.588. The van der Waals surface area contributed by atoms with Gasteiger partial charge in [-0.05, 0) is 30.2 Å². The van der Waals surface area contributed by atoms with Gasteiger partial charge in [-0.25, -0.2) is 0 Å². The number of aliphatic carboxylic acids is 1. The average Bonchev–Trinajstić information content (AvgIpc) is 2.38. The van der Waals surface area contributed by atoms with Gasteiger partial charge in [-0.2, -0.15) is 0 Å². The Kier molecular flexibility index (Phi) is 4.81. The molecular weight excluding hydrogens is 250 g/mol. The summed E-state index contributed by atoms with van der Waals surface area (Å²) in [4.78, 5) is 11.5. The van der Waals surface area contributed by atoms with Crippen molar-refractivity contribution in [2.75, 3.05) is 6.54 Å². The molecule has 2 atom stereocenters. The van der Waals surface area contributed by atoms with Crippen molar-refractivity contribution in [3.05, 3.63) is 35.9 Å². The minimum Gasteiger partial charge on any atom is -0.481 e. The van der Waals surface area contributed by atoms with E-state index in [0.29, 0.717) is 18.0 Å². The van der Waals surface area contributed by atoms with E-state index >= 15 is 0 Å². The Morgan fingerprint density at radius 2 is 2.10 bits per heavy atom. The fourth-order valence-corrected chi connectivity index (χ4v) is 3.19. The maximum atomic E-state index is 11.5. The van der Waals surface area contributed by atoms with Crippen LogP contribution in [0.5, 0.6) is 0 Å². The maximum absolute atomic E-state index is 11.5. The van der Waals surface area contributed by atoms with E-state index in [1.165, 1.54) is 12.8 Å². The molecule has 0 bridgehead atoms. The molecule has 3 heteroatoms. The van der Waals surface area contributed by atoms with Crippen LogP contribution in [-0.4, -0.2) is 23.7 Å². The quantitative estimate of drug-likeness (QED) is 0.865. The van der Waals surface area contributed by atoms with Gasteiger partial charge in [0.05, 0.1) is 5.92 Å². The van der Waals surface area contributed by atoms with Crippen molar-refractivity contribution in [1.29, 1.82) is 0 Å². The Morgan fingerprint density at radius 3 is 2.70 bits per heavy atom. The van der Waals surface area contributed by atoms with Gasteiger partial charge in [0.1, 0.15) is 0 Å². The molecule has 0 saturated heterocycles. The molecule has 3 nitrogen and oxygen atoms in total. The van der Waals surface area contributed by atoms with E-state index in [0.717, 1.165) is 18.4 Å². The number of carboxylic acids is 1. The molecule has 0 aliphatic heterocycles. The standard InChI is InChI=1S/C17H25NO2/c1-17(2)10-6-9-14(11-17)18-12-15(16(19)20)13-7-4-3-5-8-13/h3-5,7-8,14-15,18H,6,9-12H2,1-2H3,(H,19,20). The number of rotatable bonds is 5. The minimum atomic E-state index is -0.751. The van der Waals surface area contributed by atoms with Crippen LogP contribution in [0.4, 0.5) is 0 Å². The molecule has 1 aliphatic carbocycles. The maximum Gasteiger partial charge on any atom is 0.312 e. The molecule has 20 heavy (non-hydrogen) atoms.